The van der Waals surface area contributed by atoms with E-state index in [9.17, 15) is 18.3 Å². The molecule has 3 N–H and O–H groups in total. The van der Waals surface area contributed by atoms with Gasteiger partial charge in [0.25, 0.3) is 0 Å². The lowest BCUT2D eigenvalue weighted by atomic mass is 10.2. The maximum atomic E-state index is 11.1. The molecule has 0 aliphatic heterocycles. The van der Waals surface area contributed by atoms with Crippen molar-refractivity contribution >= 4 is 15.9 Å². The van der Waals surface area contributed by atoms with Gasteiger partial charge in [-0.25, -0.2) is 13.2 Å². The maximum absolute atomic E-state index is 11.1. The summed E-state index contributed by atoms with van der Waals surface area (Å²) in [6.45, 7) is 0. The quantitative estimate of drug-likeness (QED) is 0.568. The summed E-state index contributed by atoms with van der Waals surface area (Å²) in [5.74, 6) is 0. The molecule has 1 rings (SSSR count). The van der Waals surface area contributed by atoms with Gasteiger partial charge >= 0.3 is 6.09 Å². The van der Waals surface area contributed by atoms with Crippen molar-refractivity contribution in [1.29, 1.82) is 0 Å². The molecular weight excluding hydrogens is 210 g/mol. The number of nitrogens with one attached hydrogen (secondary N) is 1. The van der Waals surface area contributed by atoms with E-state index < -0.39 is 33.3 Å². The molecule has 3 atom stereocenters. The van der Waals surface area contributed by atoms with Crippen molar-refractivity contribution in [1.82, 2.24) is 5.32 Å². The van der Waals surface area contributed by atoms with Gasteiger partial charge in [0.05, 0.1) is 17.4 Å². The van der Waals surface area contributed by atoms with Crippen molar-refractivity contribution in [3.8, 4) is 0 Å². The number of aliphatic hydroxyl groups is 1. The average Bonchev–Trinajstić information content (AvgIpc) is 2.30. The fraction of sp³-hybridized carbons (Fsp3) is 0.857. The van der Waals surface area contributed by atoms with E-state index >= 15 is 0 Å². The van der Waals surface area contributed by atoms with E-state index in [-0.39, 0.29) is 12.8 Å². The molecule has 0 aromatic heterocycles. The Bertz CT molecular complexity index is 325. The molecule has 0 heterocycles. The van der Waals surface area contributed by atoms with E-state index in [1.165, 1.54) is 0 Å². The molecule has 0 aromatic rings. The van der Waals surface area contributed by atoms with E-state index in [1.807, 2.05) is 0 Å². The van der Waals surface area contributed by atoms with Crippen LogP contribution < -0.4 is 5.32 Å². The predicted octanol–water partition coefficient (Wildman–Crippen LogP) is -0.809. The number of aliphatic hydroxyl groups excluding tert-OH is 1. The fourth-order valence-corrected chi connectivity index (χ4v) is 2.74. The van der Waals surface area contributed by atoms with Crippen LogP contribution in [0.4, 0.5) is 4.79 Å². The standard InChI is InChI=1S/C7H13NO5S/c1-14(12,13)4-2-5(6(9)3-4)8-7(10)11/h4-6,8-9H,2-3H2,1H3,(H,10,11)/t4-,5-,6-/m1/s1. The van der Waals surface area contributed by atoms with Crippen LogP contribution >= 0.6 is 0 Å². The number of rotatable bonds is 2. The Balaban J connectivity index is 2.65. The van der Waals surface area contributed by atoms with E-state index in [1.54, 1.807) is 0 Å². The first kappa shape index (κ1) is 11.3. The molecule has 0 saturated heterocycles. The average molecular weight is 223 g/mol. The SMILES string of the molecule is CS(=O)(=O)[C@H]1C[C@@H](O)[C@H](NC(=O)O)C1. The highest BCUT2D eigenvalue weighted by Crippen LogP contribution is 2.25. The fourth-order valence-electron chi connectivity index (χ4n) is 1.63. The van der Waals surface area contributed by atoms with Crippen LogP contribution in [-0.2, 0) is 9.84 Å². The van der Waals surface area contributed by atoms with Crippen molar-refractivity contribution in [2.45, 2.75) is 30.2 Å². The Morgan fingerprint density at radius 3 is 2.36 bits per heavy atom. The summed E-state index contributed by atoms with van der Waals surface area (Å²) in [6, 6.07) is -0.674. The van der Waals surface area contributed by atoms with Gasteiger partial charge < -0.3 is 15.5 Å². The highest BCUT2D eigenvalue weighted by atomic mass is 32.2. The second-order valence-electron chi connectivity index (χ2n) is 3.55. The number of hydrogen-bond acceptors (Lipinski definition) is 4. The minimum Gasteiger partial charge on any atom is -0.465 e. The first-order valence-electron chi connectivity index (χ1n) is 4.17. The normalized spacial score (nSPS) is 32.9. The monoisotopic (exact) mass is 223 g/mol. The van der Waals surface area contributed by atoms with Gasteiger partial charge in [-0.05, 0) is 12.8 Å². The molecule has 1 saturated carbocycles. The third-order valence-electron chi connectivity index (χ3n) is 2.40. The number of sulfone groups is 1. The first-order valence-corrected chi connectivity index (χ1v) is 6.12. The lowest BCUT2D eigenvalue weighted by Gasteiger charge is -2.12. The zero-order valence-electron chi connectivity index (χ0n) is 7.67. The van der Waals surface area contributed by atoms with Crippen LogP contribution in [0, 0.1) is 0 Å². The molecule has 1 amide bonds. The molecule has 6 nitrogen and oxygen atoms in total. The zero-order valence-corrected chi connectivity index (χ0v) is 8.49. The van der Waals surface area contributed by atoms with E-state index in [2.05, 4.69) is 5.32 Å². The summed E-state index contributed by atoms with van der Waals surface area (Å²) in [6.07, 6.45) is -0.821. The van der Waals surface area contributed by atoms with Crippen molar-refractivity contribution in [2.24, 2.45) is 0 Å². The maximum Gasteiger partial charge on any atom is 0.404 e. The Labute approximate surface area is 81.8 Å². The van der Waals surface area contributed by atoms with Crippen LogP contribution in [0.3, 0.4) is 0 Å². The molecule has 1 aliphatic rings. The Morgan fingerprint density at radius 2 is 2.00 bits per heavy atom. The van der Waals surface area contributed by atoms with Gasteiger partial charge in [-0.2, -0.15) is 0 Å². The van der Waals surface area contributed by atoms with Crippen molar-refractivity contribution in [2.75, 3.05) is 6.26 Å². The Hall–Kier alpha value is -0.820. The Morgan fingerprint density at radius 1 is 1.43 bits per heavy atom. The Kier molecular flexibility index (Phi) is 3.01. The van der Waals surface area contributed by atoms with Crippen LogP contribution in [-0.4, -0.2) is 48.4 Å². The molecule has 0 unspecified atom stereocenters. The van der Waals surface area contributed by atoms with E-state index in [4.69, 9.17) is 5.11 Å². The number of amides is 1. The van der Waals surface area contributed by atoms with E-state index in [0.717, 1.165) is 6.26 Å². The summed E-state index contributed by atoms with van der Waals surface area (Å²) >= 11 is 0. The summed E-state index contributed by atoms with van der Waals surface area (Å²) < 4.78 is 22.2. The number of carbonyl (C=O) groups is 1. The largest absolute Gasteiger partial charge is 0.465 e. The lowest BCUT2D eigenvalue weighted by Crippen LogP contribution is -2.39. The second kappa shape index (κ2) is 3.74. The van der Waals surface area contributed by atoms with Gasteiger partial charge in [0.15, 0.2) is 0 Å². The number of carboxylic acid groups (broad SMARTS) is 1. The van der Waals surface area contributed by atoms with Crippen LogP contribution in [0.5, 0.6) is 0 Å². The highest BCUT2D eigenvalue weighted by Gasteiger charge is 2.38. The first-order chi connectivity index (χ1) is 6.30. The second-order valence-corrected chi connectivity index (χ2v) is 5.87. The predicted molar refractivity (Wildman–Crippen MR) is 48.8 cm³/mol. The summed E-state index contributed by atoms with van der Waals surface area (Å²) in [5.41, 5.74) is 0. The molecule has 0 aromatic carbocycles. The smallest absolute Gasteiger partial charge is 0.404 e. The topological polar surface area (TPSA) is 104 Å². The third-order valence-corrected chi connectivity index (χ3v) is 4.00. The summed E-state index contributed by atoms with van der Waals surface area (Å²) in [7, 11) is -3.20. The van der Waals surface area contributed by atoms with Gasteiger partial charge in [0, 0.05) is 6.26 Å². The van der Waals surface area contributed by atoms with Gasteiger partial charge in [-0.15, -0.1) is 0 Å². The minimum absolute atomic E-state index is 0.101. The summed E-state index contributed by atoms with van der Waals surface area (Å²) in [4.78, 5) is 10.3. The molecule has 0 radical (unpaired) electrons. The molecule has 0 bridgehead atoms. The number of hydrogen-bond donors (Lipinski definition) is 3. The van der Waals surface area contributed by atoms with Crippen molar-refractivity contribution in [3.63, 3.8) is 0 Å². The minimum atomic E-state index is -3.20. The molecule has 14 heavy (non-hydrogen) atoms. The molecule has 1 fully saturated rings. The van der Waals surface area contributed by atoms with Crippen LogP contribution in [0.15, 0.2) is 0 Å². The van der Waals surface area contributed by atoms with Gasteiger partial charge in [0.1, 0.15) is 9.84 Å². The van der Waals surface area contributed by atoms with Crippen LogP contribution in [0.1, 0.15) is 12.8 Å². The molecular formula is C7H13NO5S. The van der Waals surface area contributed by atoms with Crippen LogP contribution in [0.2, 0.25) is 0 Å². The molecule has 1 aliphatic carbocycles. The lowest BCUT2D eigenvalue weighted by molar-refractivity contribution is 0.138. The highest BCUT2D eigenvalue weighted by molar-refractivity contribution is 7.91. The molecule has 82 valence electrons. The molecule has 7 heteroatoms. The molecule has 0 spiro atoms. The summed E-state index contributed by atoms with van der Waals surface area (Å²) in [5, 5.41) is 19.2. The van der Waals surface area contributed by atoms with Crippen molar-refractivity contribution < 1.29 is 23.4 Å². The van der Waals surface area contributed by atoms with E-state index in [0.29, 0.717) is 0 Å². The van der Waals surface area contributed by atoms with Crippen LogP contribution in [0.25, 0.3) is 0 Å². The van der Waals surface area contributed by atoms with Gasteiger partial charge in [0.2, 0.25) is 0 Å². The van der Waals surface area contributed by atoms with Crippen molar-refractivity contribution in [3.05, 3.63) is 0 Å². The third kappa shape index (κ3) is 2.58. The van der Waals surface area contributed by atoms with Gasteiger partial charge in [-0.1, -0.05) is 0 Å². The zero-order chi connectivity index (χ0) is 10.9. The van der Waals surface area contributed by atoms with Gasteiger partial charge in [-0.3, -0.25) is 0 Å².